The molecule has 0 saturated carbocycles. The number of aryl methyl sites for hydroxylation is 1. The number of hydrogen-bond acceptors (Lipinski definition) is 2. The van der Waals surface area contributed by atoms with E-state index in [2.05, 4.69) is 47.5 Å². The van der Waals surface area contributed by atoms with Gasteiger partial charge >= 0.3 is 0 Å². The van der Waals surface area contributed by atoms with Gasteiger partial charge in [-0.25, -0.2) is 0 Å². The molecule has 2 aromatic rings. The van der Waals surface area contributed by atoms with Crippen molar-refractivity contribution in [2.24, 2.45) is 0 Å². The van der Waals surface area contributed by atoms with Crippen molar-refractivity contribution in [1.82, 2.24) is 4.90 Å². The van der Waals surface area contributed by atoms with Crippen LogP contribution in [0, 0.1) is 0 Å². The molecule has 1 aliphatic heterocycles. The molecule has 3 rings (SSSR count). The van der Waals surface area contributed by atoms with E-state index < -0.39 is 0 Å². The lowest BCUT2D eigenvalue weighted by molar-refractivity contribution is -0.117. The first-order chi connectivity index (χ1) is 10.7. The van der Waals surface area contributed by atoms with Crippen molar-refractivity contribution in [3.63, 3.8) is 0 Å². The first-order valence-corrected chi connectivity index (χ1v) is 7.92. The highest BCUT2D eigenvalue weighted by Crippen LogP contribution is 2.18. The Labute approximate surface area is 132 Å². The van der Waals surface area contributed by atoms with Gasteiger partial charge < -0.3 is 5.32 Å². The van der Waals surface area contributed by atoms with Crippen molar-refractivity contribution in [2.45, 2.75) is 26.3 Å². The number of benzene rings is 2. The smallest absolute Gasteiger partial charge is 0.238 e. The monoisotopic (exact) mass is 294 g/mol. The standard InChI is InChI=1S/C19H22N2O/c1-2-15-6-5-9-18(12-15)20-19(22)14-21-11-10-16-7-3-4-8-17(16)13-21/h3-9,12H,2,10-11,13-14H2,1H3,(H,20,22). The van der Waals surface area contributed by atoms with Crippen molar-refractivity contribution < 1.29 is 4.79 Å². The van der Waals surface area contributed by atoms with Gasteiger partial charge in [0.05, 0.1) is 6.54 Å². The van der Waals surface area contributed by atoms with Gasteiger partial charge in [-0.1, -0.05) is 43.3 Å². The van der Waals surface area contributed by atoms with E-state index in [0.29, 0.717) is 6.54 Å². The predicted molar refractivity (Wildman–Crippen MR) is 89.9 cm³/mol. The Morgan fingerprint density at radius 3 is 2.77 bits per heavy atom. The van der Waals surface area contributed by atoms with Crippen LogP contribution in [-0.4, -0.2) is 23.9 Å². The second-order valence-corrected chi connectivity index (χ2v) is 5.83. The maximum Gasteiger partial charge on any atom is 0.238 e. The summed E-state index contributed by atoms with van der Waals surface area (Å²) < 4.78 is 0. The fraction of sp³-hybridized carbons (Fsp3) is 0.316. The highest BCUT2D eigenvalue weighted by atomic mass is 16.2. The van der Waals surface area contributed by atoms with Gasteiger partial charge in [0.2, 0.25) is 5.91 Å². The SMILES string of the molecule is CCc1cccc(NC(=O)CN2CCc3ccccc3C2)c1. The van der Waals surface area contributed by atoms with E-state index in [1.807, 2.05) is 18.2 Å². The number of hydrogen-bond donors (Lipinski definition) is 1. The lowest BCUT2D eigenvalue weighted by atomic mass is 10.00. The van der Waals surface area contributed by atoms with Crippen LogP contribution in [0.5, 0.6) is 0 Å². The second kappa shape index (κ2) is 6.75. The average molecular weight is 294 g/mol. The van der Waals surface area contributed by atoms with E-state index >= 15 is 0 Å². The van der Waals surface area contributed by atoms with Crippen molar-refractivity contribution >= 4 is 11.6 Å². The van der Waals surface area contributed by atoms with E-state index in [0.717, 1.165) is 31.6 Å². The molecule has 1 heterocycles. The van der Waals surface area contributed by atoms with Gasteiger partial charge in [-0.05, 0) is 41.7 Å². The van der Waals surface area contributed by atoms with Crippen molar-refractivity contribution in [3.8, 4) is 0 Å². The highest BCUT2D eigenvalue weighted by molar-refractivity contribution is 5.92. The zero-order valence-corrected chi connectivity index (χ0v) is 13.0. The summed E-state index contributed by atoms with van der Waals surface area (Å²) in [5.41, 5.74) is 4.88. The Balaban J connectivity index is 1.58. The fourth-order valence-corrected chi connectivity index (χ4v) is 2.96. The van der Waals surface area contributed by atoms with Gasteiger partial charge in [0.25, 0.3) is 0 Å². The number of carbonyl (C=O) groups excluding carboxylic acids is 1. The van der Waals surface area contributed by atoms with Crippen LogP contribution in [0.2, 0.25) is 0 Å². The molecule has 1 aliphatic rings. The molecule has 2 aromatic carbocycles. The van der Waals surface area contributed by atoms with Crippen LogP contribution in [0.4, 0.5) is 5.69 Å². The summed E-state index contributed by atoms with van der Waals surface area (Å²) in [5.74, 6) is 0.0626. The lowest BCUT2D eigenvalue weighted by Crippen LogP contribution is -2.37. The molecule has 0 spiro atoms. The molecule has 1 amide bonds. The molecule has 0 bridgehead atoms. The van der Waals surface area contributed by atoms with Gasteiger partial charge in [-0.15, -0.1) is 0 Å². The summed E-state index contributed by atoms with van der Waals surface area (Å²) in [6.07, 6.45) is 2.00. The lowest BCUT2D eigenvalue weighted by Gasteiger charge is -2.28. The predicted octanol–water partition coefficient (Wildman–Crippen LogP) is 3.25. The second-order valence-electron chi connectivity index (χ2n) is 5.83. The van der Waals surface area contributed by atoms with Crippen LogP contribution in [0.1, 0.15) is 23.6 Å². The summed E-state index contributed by atoms with van der Waals surface area (Å²) in [5, 5.41) is 3.01. The summed E-state index contributed by atoms with van der Waals surface area (Å²) in [7, 11) is 0. The molecule has 0 aromatic heterocycles. The van der Waals surface area contributed by atoms with Gasteiger partial charge in [-0.3, -0.25) is 9.69 Å². The van der Waals surface area contributed by atoms with E-state index in [1.54, 1.807) is 0 Å². The number of rotatable bonds is 4. The fourth-order valence-electron chi connectivity index (χ4n) is 2.96. The van der Waals surface area contributed by atoms with Crippen LogP contribution in [0.3, 0.4) is 0 Å². The highest BCUT2D eigenvalue weighted by Gasteiger charge is 2.17. The third-order valence-electron chi connectivity index (χ3n) is 4.20. The van der Waals surface area contributed by atoms with Gasteiger partial charge in [0, 0.05) is 18.8 Å². The molecule has 3 heteroatoms. The third-order valence-corrected chi connectivity index (χ3v) is 4.20. The molecule has 22 heavy (non-hydrogen) atoms. The Morgan fingerprint density at radius 1 is 1.14 bits per heavy atom. The minimum atomic E-state index is 0.0626. The number of nitrogens with one attached hydrogen (secondary N) is 1. The molecule has 0 aliphatic carbocycles. The van der Waals surface area contributed by atoms with E-state index in [-0.39, 0.29) is 5.91 Å². The maximum absolute atomic E-state index is 12.2. The van der Waals surface area contributed by atoms with Crippen LogP contribution in [0.15, 0.2) is 48.5 Å². The summed E-state index contributed by atoms with van der Waals surface area (Å²) in [4.78, 5) is 14.4. The summed E-state index contributed by atoms with van der Waals surface area (Å²) in [6, 6.07) is 16.6. The number of fused-ring (bicyclic) bond motifs is 1. The maximum atomic E-state index is 12.2. The first kappa shape index (κ1) is 14.8. The largest absolute Gasteiger partial charge is 0.325 e. The van der Waals surface area contributed by atoms with Crippen molar-refractivity contribution in [1.29, 1.82) is 0 Å². The number of carbonyl (C=O) groups is 1. The van der Waals surface area contributed by atoms with E-state index in [9.17, 15) is 4.79 Å². The van der Waals surface area contributed by atoms with Crippen LogP contribution < -0.4 is 5.32 Å². The number of nitrogens with zero attached hydrogens (tertiary/aromatic N) is 1. The normalized spacial score (nSPS) is 14.4. The molecule has 0 radical (unpaired) electrons. The molecular formula is C19H22N2O. The minimum Gasteiger partial charge on any atom is -0.325 e. The number of anilines is 1. The molecule has 114 valence electrons. The van der Waals surface area contributed by atoms with E-state index in [1.165, 1.54) is 16.7 Å². The Bertz CT molecular complexity index is 666. The van der Waals surface area contributed by atoms with Gasteiger partial charge in [0.15, 0.2) is 0 Å². The molecule has 0 saturated heterocycles. The molecule has 0 atom stereocenters. The third kappa shape index (κ3) is 3.55. The van der Waals surface area contributed by atoms with Crippen LogP contribution in [0.25, 0.3) is 0 Å². The summed E-state index contributed by atoms with van der Waals surface area (Å²) >= 11 is 0. The van der Waals surface area contributed by atoms with Gasteiger partial charge in [0.1, 0.15) is 0 Å². The molecule has 1 N–H and O–H groups in total. The quantitative estimate of drug-likeness (QED) is 0.939. The average Bonchev–Trinajstić information content (AvgIpc) is 2.55. The number of amides is 1. The van der Waals surface area contributed by atoms with Crippen LogP contribution >= 0.6 is 0 Å². The topological polar surface area (TPSA) is 32.3 Å². The molecule has 0 unspecified atom stereocenters. The minimum absolute atomic E-state index is 0.0626. The molecule has 3 nitrogen and oxygen atoms in total. The molecule has 0 fully saturated rings. The summed E-state index contributed by atoms with van der Waals surface area (Å²) in [6.45, 7) is 4.37. The Kier molecular flexibility index (Phi) is 4.54. The zero-order valence-electron chi connectivity index (χ0n) is 13.0. The van der Waals surface area contributed by atoms with E-state index in [4.69, 9.17) is 0 Å². The van der Waals surface area contributed by atoms with Crippen LogP contribution in [-0.2, 0) is 24.2 Å². The van der Waals surface area contributed by atoms with Gasteiger partial charge in [-0.2, -0.15) is 0 Å². The van der Waals surface area contributed by atoms with Crippen molar-refractivity contribution in [2.75, 3.05) is 18.4 Å². The Hall–Kier alpha value is -2.13. The Morgan fingerprint density at radius 2 is 1.95 bits per heavy atom. The van der Waals surface area contributed by atoms with Crippen molar-refractivity contribution in [3.05, 3.63) is 65.2 Å². The first-order valence-electron chi connectivity index (χ1n) is 7.92. The zero-order chi connectivity index (χ0) is 15.4. The molecular weight excluding hydrogens is 272 g/mol.